The lowest BCUT2D eigenvalue weighted by atomic mass is 9.98. The van der Waals surface area contributed by atoms with Gasteiger partial charge in [0.15, 0.2) is 11.5 Å². The van der Waals surface area contributed by atoms with Crippen LogP contribution in [0, 0.1) is 5.92 Å². The molecule has 1 aromatic rings. The monoisotopic (exact) mass is 308 g/mol. The molecule has 0 spiro atoms. The minimum atomic E-state index is 0.0119. The smallest absolute Gasteiger partial charge is 0.231 e. The third kappa shape index (κ3) is 3.27. The molecule has 1 unspecified atom stereocenters. The molecule has 6 heteroatoms. The van der Waals surface area contributed by atoms with Gasteiger partial charge >= 0.3 is 0 Å². The predicted octanol–water partition coefficient (Wildman–Crippen LogP) is 1.67. The molecule has 1 N–H and O–H groups in total. The lowest BCUT2D eigenvalue weighted by Gasteiger charge is -2.27. The molecular weight excluding hydrogens is 284 g/mol. The molecule has 22 heavy (non-hydrogen) atoms. The topological polar surface area (TPSA) is 60.0 Å². The third-order valence-electron chi connectivity index (χ3n) is 4.01. The maximum absolute atomic E-state index is 12.6. The molecule has 122 valence electrons. The summed E-state index contributed by atoms with van der Waals surface area (Å²) >= 11 is 0. The Morgan fingerprint density at radius 1 is 1.18 bits per heavy atom. The Balaban J connectivity index is 2.28. The zero-order valence-electron chi connectivity index (χ0n) is 13.6. The van der Waals surface area contributed by atoms with E-state index in [0.717, 1.165) is 31.6 Å². The van der Waals surface area contributed by atoms with Crippen LogP contribution in [0.15, 0.2) is 12.1 Å². The molecule has 0 bridgehead atoms. The summed E-state index contributed by atoms with van der Waals surface area (Å²) in [6, 6.07) is 3.57. The van der Waals surface area contributed by atoms with E-state index in [1.54, 1.807) is 45.4 Å². The molecule has 0 aliphatic carbocycles. The summed E-state index contributed by atoms with van der Waals surface area (Å²) in [7, 11) is 6.46. The van der Waals surface area contributed by atoms with Gasteiger partial charge in [-0.1, -0.05) is 0 Å². The first kappa shape index (κ1) is 16.4. The highest BCUT2D eigenvalue weighted by molar-refractivity contribution is 5.95. The molecule has 1 aliphatic heterocycles. The molecule has 0 saturated carbocycles. The van der Waals surface area contributed by atoms with E-state index in [9.17, 15) is 4.79 Å². The first-order valence-electron chi connectivity index (χ1n) is 7.40. The number of nitrogens with zero attached hydrogens (tertiary/aromatic N) is 1. The largest absolute Gasteiger partial charge is 0.493 e. The quantitative estimate of drug-likeness (QED) is 0.897. The summed E-state index contributed by atoms with van der Waals surface area (Å²) in [5.41, 5.74) is 0.727. The van der Waals surface area contributed by atoms with Gasteiger partial charge in [0.2, 0.25) is 11.7 Å². The Bertz CT molecular complexity index is 502. The maximum atomic E-state index is 12.6. The summed E-state index contributed by atoms with van der Waals surface area (Å²) in [6.07, 6.45) is 1.94. The molecular formula is C16H24N2O4. The van der Waals surface area contributed by atoms with Gasteiger partial charge < -0.3 is 24.4 Å². The molecule has 1 aliphatic rings. The van der Waals surface area contributed by atoms with Gasteiger partial charge in [0.25, 0.3) is 0 Å². The zero-order valence-corrected chi connectivity index (χ0v) is 13.6. The van der Waals surface area contributed by atoms with E-state index >= 15 is 0 Å². The van der Waals surface area contributed by atoms with Crippen LogP contribution in [0.5, 0.6) is 17.2 Å². The van der Waals surface area contributed by atoms with Gasteiger partial charge in [0.1, 0.15) is 0 Å². The number of nitrogens with one attached hydrogen (secondary N) is 1. The number of benzene rings is 1. The summed E-state index contributed by atoms with van der Waals surface area (Å²) < 4.78 is 16.0. The van der Waals surface area contributed by atoms with Crippen LogP contribution >= 0.6 is 0 Å². The third-order valence-corrected chi connectivity index (χ3v) is 4.01. The Hall–Kier alpha value is -1.95. The number of methoxy groups -OCH3 is 3. The number of hydrogen-bond donors (Lipinski definition) is 1. The van der Waals surface area contributed by atoms with Crippen molar-refractivity contribution in [1.29, 1.82) is 0 Å². The summed E-state index contributed by atoms with van der Waals surface area (Å²) in [4.78, 5) is 14.3. The fourth-order valence-corrected chi connectivity index (χ4v) is 2.72. The highest BCUT2D eigenvalue weighted by atomic mass is 16.5. The second-order valence-electron chi connectivity index (χ2n) is 5.32. The molecule has 1 fully saturated rings. The molecule has 1 aromatic carbocycles. The molecule has 1 amide bonds. The number of anilines is 1. The Morgan fingerprint density at radius 2 is 1.82 bits per heavy atom. The fourth-order valence-electron chi connectivity index (χ4n) is 2.72. The van der Waals surface area contributed by atoms with E-state index in [0.29, 0.717) is 17.2 Å². The highest BCUT2D eigenvalue weighted by Gasteiger charge is 2.26. The van der Waals surface area contributed by atoms with Crippen LogP contribution in [-0.4, -0.2) is 47.4 Å². The van der Waals surface area contributed by atoms with Crippen LogP contribution < -0.4 is 24.4 Å². The summed E-state index contributed by atoms with van der Waals surface area (Å²) in [5, 5.41) is 3.27. The van der Waals surface area contributed by atoms with E-state index in [-0.39, 0.29) is 11.8 Å². The Kier molecular flexibility index (Phi) is 5.49. The van der Waals surface area contributed by atoms with Crippen LogP contribution in [0.1, 0.15) is 12.8 Å². The van der Waals surface area contributed by atoms with Crippen molar-refractivity contribution in [3.8, 4) is 17.2 Å². The van der Waals surface area contributed by atoms with Crippen molar-refractivity contribution in [2.45, 2.75) is 12.8 Å². The zero-order chi connectivity index (χ0) is 16.1. The second-order valence-corrected chi connectivity index (χ2v) is 5.32. The first-order valence-corrected chi connectivity index (χ1v) is 7.40. The summed E-state index contributed by atoms with van der Waals surface area (Å²) in [5.74, 6) is 1.71. The number of rotatable bonds is 5. The predicted molar refractivity (Wildman–Crippen MR) is 85.1 cm³/mol. The van der Waals surface area contributed by atoms with E-state index in [4.69, 9.17) is 14.2 Å². The Labute approximate surface area is 131 Å². The normalized spacial score (nSPS) is 17.7. The second kappa shape index (κ2) is 7.35. The molecule has 0 radical (unpaired) electrons. The number of amides is 1. The standard InChI is InChI=1S/C16H24N2O4/c1-18(16(19)11-6-5-7-17-10-11)12-8-13(20-2)15(22-4)14(9-12)21-3/h8-9,11,17H,5-7,10H2,1-4H3. The van der Waals surface area contributed by atoms with Crippen molar-refractivity contribution in [2.24, 2.45) is 5.92 Å². The van der Waals surface area contributed by atoms with Crippen molar-refractivity contribution in [3.63, 3.8) is 0 Å². The average molecular weight is 308 g/mol. The van der Waals surface area contributed by atoms with Crippen LogP contribution in [-0.2, 0) is 4.79 Å². The van der Waals surface area contributed by atoms with E-state index in [1.807, 2.05) is 0 Å². The molecule has 1 saturated heterocycles. The van der Waals surface area contributed by atoms with Gasteiger partial charge in [0.05, 0.1) is 32.9 Å². The highest BCUT2D eigenvalue weighted by Crippen LogP contribution is 2.41. The number of carbonyl (C=O) groups excluding carboxylic acids is 1. The van der Waals surface area contributed by atoms with Gasteiger partial charge in [-0.25, -0.2) is 0 Å². The van der Waals surface area contributed by atoms with E-state index in [2.05, 4.69) is 5.32 Å². The van der Waals surface area contributed by atoms with E-state index in [1.165, 1.54) is 0 Å². The molecule has 0 aromatic heterocycles. The van der Waals surface area contributed by atoms with Crippen LogP contribution in [0.2, 0.25) is 0 Å². The van der Waals surface area contributed by atoms with Crippen molar-refractivity contribution in [3.05, 3.63) is 12.1 Å². The Morgan fingerprint density at radius 3 is 2.27 bits per heavy atom. The van der Waals surface area contributed by atoms with Crippen molar-refractivity contribution < 1.29 is 19.0 Å². The number of piperidine rings is 1. The number of carbonyl (C=O) groups is 1. The first-order chi connectivity index (χ1) is 10.6. The van der Waals surface area contributed by atoms with Gasteiger partial charge in [-0.3, -0.25) is 4.79 Å². The minimum absolute atomic E-state index is 0.0119. The van der Waals surface area contributed by atoms with Crippen LogP contribution in [0.25, 0.3) is 0 Å². The van der Waals surface area contributed by atoms with Crippen molar-refractivity contribution in [2.75, 3.05) is 46.4 Å². The molecule has 6 nitrogen and oxygen atoms in total. The fraction of sp³-hybridized carbons (Fsp3) is 0.562. The number of ether oxygens (including phenoxy) is 3. The van der Waals surface area contributed by atoms with Gasteiger partial charge in [-0.2, -0.15) is 0 Å². The van der Waals surface area contributed by atoms with Crippen molar-refractivity contribution >= 4 is 11.6 Å². The molecule has 1 heterocycles. The van der Waals surface area contributed by atoms with Gasteiger partial charge in [0, 0.05) is 25.7 Å². The number of hydrogen-bond acceptors (Lipinski definition) is 5. The van der Waals surface area contributed by atoms with Crippen LogP contribution in [0.4, 0.5) is 5.69 Å². The molecule has 1 atom stereocenters. The summed E-state index contributed by atoms with van der Waals surface area (Å²) in [6.45, 7) is 1.71. The van der Waals surface area contributed by atoms with Gasteiger partial charge in [-0.15, -0.1) is 0 Å². The lowest BCUT2D eigenvalue weighted by molar-refractivity contribution is -0.122. The van der Waals surface area contributed by atoms with Crippen molar-refractivity contribution in [1.82, 2.24) is 5.32 Å². The minimum Gasteiger partial charge on any atom is -0.493 e. The maximum Gasteiger partial charge on any atom is 0.231 e. The SMILES string of the molecule is COc1cc(N(C)C(=O)C2CCCNC2)cc(OC)c1OC. The molecule has 2 rings (SSSR count). The average Bonchev–Trinajstić information content (AvgIpc) is 2.59. The van der Waals surface area contributed by atoms with E-state index < -0.39 is 0 Å². The van der Waals surface area contributed by atoms with Gasteiger partial charge in [-0.05, 0) is 19.4 Å². The lowest BCUT2D eigenvalue weighted by Crippen LogP contribution is -2.41. The van der Waals surface area contributed by atoms with Crippen LogP contribution in [0.3, 0.4) is 0 Å².